The molecule has 0 unspecified atom stereocenters. The molecule has 1 heterocycles. The summed E-state index contributed by atoms with van der Waals surface area (Å²) in [6, 6.07) is 13.7. The maximum atomic E-state index is 10.8. The molecule has 23 heavy (non-hydrogen) atoms. The van der Waals surface area contributed by atoms with Gasteiger partial charge in [-0.05, 0) is 24.6 Å². The van der Waals surface area contributed by atoms with Crippen molar-refractivity contribution >= 4 is 11.9 Å². The fourth-order valence-electron chi connectivity index (χ4n) is 2.29. The van der Waals surface area contributed by atoms with E-state index in [0.717, 1.165) is 5.75 Å². The molecule has 0 N–H and O–H groups in total. The first-order valence-corrected chi connectivity index (χ1v) is 7.29. The summed E-state index contributed by atoms with van der Waals surface area (Å²) in [5.41, 5.74) is 0.732. The summed E-state index contributed by atoms with van der Waals surface area (Å²) in [7, 11) is 0. The molecule has 0 aromatic heterocycles. The van der Waals surface area contributed by atoms with Crippen molar-refractivity contribution in [2.45, 2.75) is 19.1 Å². The van der Waals surface area contributed by atoms with E-state index in [1.165, 1.54) is 12.1 Å². The quantitative estimate of drug-likeness (QED) is 0.493. The number of rotatable bonds is 4. The number of nitro benzene ring substituents is 1. The lowest BCUT2D eigenvalue weighted by molar-refractivity contribution is -0.384. The van der Waals surface area contributed by atoms with Crippen LogP contribution in [0.25, 0.3) is 0 Å². The molecule has 2 aromatic carbocycles. The summed E-state index contributed by atoms with van der Waals surface area (Å²) in [5, 5.41) is 10.8. The molecule has 0 spiro atoms. The Morgan fingerprint density at radius 2 is 2.04 bits per heavy atom. The van der Waals surface area contributed by atoms with Crippen molar-refractivity contribution in [3.63, 3.8) is 0 Å². The van der Waals surface area contributed by atoms with Gasteiger partial charge < -0.3 is 9.47 Å². The summed E-state index contributed by atoms with van der Waals surface area (Å²) >= 11 is 0. The van der Waals surface area contributed by atoms with Gasteiger partial charge in [0.15, 0.2) is 17.6 Å². The molecule has 3 rings (SSSR count). The zero-order valence-electron chi connectivity index (χ0n) is 12.6. The first-order chi connectivity index (χ1) is 11.1. The van der Waals surface area contributed by atoms with Gasteiger partial charge in [-0.2, -0.15) is 0 Å². The maximum absolute atomic E-state index is 10.8. The fraction of sp³-hybridized carbons (Fsp3) is 0.235. The second kappa shape index (κ2) is 6.48. The van der Waals surface area contributed by atoms with Crippen LogP contribution in [0.5, 0.6) is 11.5 Å². The number of hydrogen-bond acceptors (Lipinski definition) is 5. The summed E-state index contributed by atoms with van der Waals surface area (Å²) < 4.78 is 11.6. The van der Waals surface area contributed by atoms with E-state index in [0.29, 0.717) is 17.9 Å². The number of aliphatic imine (C=N–C) groups is 1. The van der Waals surface area contributed by atoms with E-state index >= 15 is 0 Å². The molecule has 1 aliphatic heterocycles. The molecule has 0 amide bonds. The number of fused-ring (bicyclic) bond motifs is 1. The molecule has 118 valence electrons. The van der Waals surface area contributed by atoms with Crippen LogP contribution in [0.2, 0.25) is 0 Å². The molecule has 6 nitrogen and oxygen atoms in total. The van der Waals surface area contributed by atoms with Crippen molar-refractivity contribution in [1.29, 1.82) is 0 Å². The van der Waals surface area contributed by atoms with E-state index in [1.807, 2.05) is 31.2 Å². The van der Waals surface area contributed by atoms with Crippen LogP contribution >= 0.6 is 0 Å². The average molecular weight is 312 g/mol. The molecule has 0 aliphatic carbocycles. The Hall–Kier alpha value is -2.89. The Labute approximate surface area is 133 Å². The number of hydrogen-bond donors (Lipinski definition) is 0. The number of non-ortho nitro benzene ring substituents is 1. The van der Waals surface area contributed by atoms with Gasteiger partial charge in [0, 0.05) is 18.3 Å². The van der Waals surface area contributed by atoms with E-state index in [-0.39, 0.29) is 17.8 Å². The Morgan fingerprint density at radius 3 is 2.83 bits per heavy atom. The van der Waals surface area contributed by atoms with Crippen LogP contribution in [0, 0.1) is 10.1 Å². The topological polar surface area (TPSA) is 74.0 Å². The molecule has 0 saturated carbocycles. The smallest absolute Gasteiger partial charge is 0.270 e. The van der Waals surface area contributed by atoms with Crippen molar-refractivity contribution < 1.29 is 14.4 Å². The monoisotopic (exact) mass is 312 g/mol. The van der Waals surface area contributed by atoms with Crippen LogP contribution in [0.3, 0.4) is 0 Å². The predicted octanol–water partition coefficient (Wildman–Crippen LogP) is 3.24. The first-order valence-electron chi connectivity index (χ1n) is 7.29. The van der Waals surface area contributed by atoms with Gasteiger partial charge in [0.25, 0.3) is 5.69 Å². The molecule has 0 saturated heterocycles. The third-order valence-electron chi connectivity index (χ3n) is 3.61. The van der Waals surface area contributed by atoms with Gasteiger partial charge in [-0.25, -0.2) is 0 Å². The zero-order valence-corrected chi connectivity index (χ0v) is 12.6. The second-order valence-corrected chi connectivity index (χ2v) is 5.28. The standard InChI is InChI=1S/C17H16N2O4/c1-12(17-11-22-15-7-2-3-8-16(15)23-17)18-10-13-5-4-6-14(9-13)19(20)21/h2-10,12,17H,11H2,1H3/t12-,17-/m1/s1. The minimum Gasteiger partial charge on any atom is -0.486 e. The maximum Gasteiger partial charge on any atom is 0.270 e. The normalized spacial score (nSPS) is 17.9. The Kier molecular flexibility index (Phi) is 4.23. The average Bonchev–Trinajstić information content (AvgIpc) is 2.59. The lowest BCUT2D eigenvalue weighted by Gasteiger charge is -2.28. The van der Waals surface area contributed by atoms with Gasteiger partial charge in [-0.3, -0.25) is 15.1 Å². The lowest BCUT2D eigenvalue weighted by atomic mass is 10.1. The van der Waals surface area contributed by atoms with Gasteiger partial charge in [-0.1, -0.05) is 24.3 Å². The molecule has 1 aliphatic rings. The summed E-state index contributed by atoms with van der Waals surface area (Å²) in [6.45, 7) is 2.35. The number of ether oxygens (including phenoxy) is 2. The fourth-order valence-corrected chi connectivity index (χ4v) is 2.29. The largest absolute Gasteiger partial charge is 0.486 e. The highest BCUT2D eigenvalue weighted by molar-refractivity contribution is 5.80. The van der Waals surface area contributed by atoms with Crippen LogP contribution in [-0.4, -0.2) is 29.9 Å². The summed E-state index contributed by atoms with van der Waals surface area (Å²) in [6.07, 6.45) is 1.43. The minimum atomic E-state index is -0.421. The highest BCUT2D eigenvalue weighted by atomic mass is 16.6. The van der Waals surface area contributed by atoms with Crippen LogP contribution in [0.1, 0.15) is 12.5 Å². The SMILES string of the molecule is C[C@@H](N=Cc1cccc([N+](=O)[O-])c1)[C@H]1COc2ccccc2O1. The van der Waals surface area contributed by atoms with Crippen molar-refractivity contribution in [3.05, 3.63) is 64.2 Å². The van der Waals surface area contributed by atoms with Gasteiger partial charge in [0.05, 0.1) is 11.0 Å². The second-order valence-electron chi connectivity index (χ2n) is 5.28. The van der Waals surface area contributed by atoms with Crippen LogP contribution in [0.4, 0.5) is 5.69 Å². The van der Waals surface area contributed by atoms with E-state index in [1.54, 1.807) is 18.3 Å². The number of para-hydroxylation sites is 2. The zero-order chi connectivity index (χ0) is 16.2. The van der Waals surface area contributed by atoms with E-state index in [9.17, 15) is 10.1 Å². The molecule has 6 heteroatoms. The van der Waals surface area contributed by atoms with Gasteiger partial charge in [-0.15, -0.1) is 0 Å². The minimum absolute atomic E-state index is 0.0489. The van der Waals surface area contributed by atoms with E-state index in [4.69, 9.17) is 9.47 Å². The van der Waals surface area contributed by atoms with Crippen molar-refractivity contribution in [3.8, 4) is 11.5 Å². The highest BCUT2D eigenvalue weighted by Crippen LogP contribution is 2.31. The molecular formula is C17H16N2O4. The van der Waals surface area contributed by atoms with Gasteiger partial charge in [0.1, 0.15) is 6.61 Å². The summed E-state index contributed by atoms with van der Waals surface area (Å²) in [4.78, 5) is 14.8. The van der Waals surface area contributed by atoms with Crippen molar-refractivity contribution in [2.24, 2.45) is 4.99 Å². The molecule has 2 atom stereocenters. The molecule has 0 bridgehead atoms. The van der Waals surface area contributed by atoms with E-state index < -0.39 is 4.92 Å². The Bertz CT molecular complexity index is 745. The number of benzene rings is 2. The number of nitro groups is 1. The Morgan fingerprint density at radius 1 is 1.26 bits per heavy atom. The van der Waals surface area contributed by atoms with Gasteiger partial charge >= 0.3 is 0 Å². The third-order valence-corrected chi connectivity index (χ3v) is 3.61. The molecule has 2 aromatic rings. The van der Waals surface area contributed by atoms with Crippen LogP contribution in [0.15, 0.2) is 53.5 Å². The van der Waals surface area contributed by atoms with Crippen LogP contribution < -0.4 is 9.47 Å². The van der Waals surface area contributed by atoms with Crippen molar-refractivity contribution in [1.82, 2.24) is 0 Å². The highest BCUT2D eigenvalue weighted by Gasteiger charge is 2.25. The summed E-state index contributed by atoms with van der Waals surface area (Å²) in [5.74, 6) is 1.44. The van der Waals surface area contributed by atoms with Gasteiger partial charge in [0.2, 0.25) is 0 Å². The van der Waals surface area contributed by atoms with Crippen molar-refractivity contribution in [2.75, 3.05) is 6.61 Å². The molecule has 0 radical (unpaired) electrons. The van der Waals surface area contributed by atoms with Crippen LogP contribution in [-0.2, 0) is 0 Å². The Balaban J connectivity index is 1.69. The molecular weight excluding hydrogens is 296 g/mol. The first kappa shape index (κ1) is 15.0. The predicted molar refractivity (Wildman–Crippen MR) is 86.5 cm³/mol. The van der Waals surface area contributed by atoms with E-state index in [2.05, 4.69) is 4.99 Å². The molecule has 0 fully saturated rings. The lowest BCUT2D eigenvalue weighted by Crippen LogP contribution is -2.37. The third kappa shape index (κ3) is 3.48. The number of nitrogens with zero attached hydrogens (tertiary/aromatic N) is 2.